The van der Waals surface area contributed by atoms with E-state index >= 15 is 0 Å². The summed E-state index contributed by atoms with van der Waals surface area (Å²) in [4.78, 5) is 10.4. The third kappa shape index (κ3) is 3.18. The minimum absolute atomic E-state index is 0.121. The summed E-state index contributed by atoms with van der Waals surface area (Å²) in [5, 5.41) is -0.349. The zero-order valence-corrected chi connectivity index (χ0v) is 7.35. The summed E-state index contributed by atoms with van der Waals surface area (Å²) in [6.07, 6.45) is 6.40. The van der Waals surface area contributed by atoms with E-state index in [1.165, 1.54) is 6.08 Å². The molecule has 0 spiro atoms. The van der Waals surface area contributed by atoms with Crippen molar-refractivity contribution in [3.63, 3.8) is 0 Å². The topological polar surface area (TPSA) is 17.1 Å². The molecule has 0 bridgehead atoms. The van der Waals surface area contributed by atoms with E-state index in [0.717, 1.165) is 0 Å². The van der Waals surface area contributed by atoms with Crippen molar-refractivity contribution < 1.29 is 9.18 Å². The van der Waals surface area contributed by atoms with Gasteiger partial charge in [-0.2, -0.15) is 0 Å². The molecule has 0 aromatic heterocycles. The van der Waals surface area contributed by atoms with Crippen LogP contribution in [0, 0.1) is 5.92 Å². The summed E-state index contributed by atoms with van der Waals surface area (Å²) in [5.74, 6) is 0.0159. The molecule has 1 atom stereocenters. The Balaban J connectivity index is 2.32. The fraction of sp³-hybridized carbons (Fsp3) is 0.444. The normalized spacial score (nSPS) is 22.2. The summed E-state index contributed by atoms with van der Waals surface area (Å²) < 4.78 is 12.7. The van der Waals surface area contributed by atoms with E-state index in [1.807, 2.05) is 6.08 Å². The lowest BCUT2D eigenvalue weighted by Gasteiger charge is -2.12. The fourth-order valence-electron chi connectivity index (χ4n) is 1.20. The van der Waals surface area contributed by atoms with Crippen LogP contribution in [0.4, 0.5) is 4.39 Å². The SMILES string of the molecule is O=C(Cl)CCC1C=CC=C(F)C1. The second-order valence-electron chi connectivity index (χ2n) is 2.86. The van der Waals surface area contributed by atoms with Gasteiger partial charge >= 0.3 is 0 Å². The lowest BCUT2D eigenvalue weighted by atomic mass is 9.95. The van der Waals surface area contributed by atoms with Crippen molar-refractivity contribution in [1.29, 1.82) is 0 Å². The van der Waals surface area contributed by atoms with Gasteiger partial charge < -0.3 is 0 Å². The number of carbonyl (C=O) groups excluding carboxylic acids is 1. The van der Waals surface area contributed by atoms with Crippen molar-refractivity contribution in [2.75, 3.05) is 0 Å². The first-order valence-electron chi connectivity index (χ1n) is 3.89. The van der Waals surface area contributed by atoms with Crippen LogP contribution in [-0.2, 0) is 4.79 Å². The molecule has 1 aliphatic carbocycles. The average molecular weight is 189 g/mol. The van der Waals surface area contributed by atoms with Crippen molar-refractivity contribution >= 4 is 16.8 Å². The van der Waals surface area contributed by atoms with Crippen molar-refractivity contribution in [2.45, 2.75) is 19.3 Å². The Morgan fingerprint density at radius 3 is 3.08 bits per heavy atom. The quantitative estimate of drug-likeness (QED) is 0.623. The van der Waals surface area contributed by atoms with Gasteiger partial charge in [-0.25, -0.2) is 4.39 Å². The van der Waals surface area contributed by atoms with Crippen LogP contribution in [0.25, 0.3) is 0 Å². The maximum atomic E-state index is 12.7. The molecule has 0 aromatic carbocycles. The van der Waals surface area contributed by atoms with Gasteiger partial charge in [0.05, 0.1) is 0 Å². The number of allylic oxidation sites excluding steroid dienone is 4. The third-order valence-corrected chi connectivity index (χ3v) is 2.02. The minimum atomic E-state index is -0.349. The standard InChI is InChI=1S/C9H10ClFO/c10-9(12)5-4-7-2-1-3-8(11)6-7/h1-3,7H,4-6H2. The highest BCUT2D eigenvalue weighted by molar-refractivity contribution is 6.63. The minimum Gasteiger partial charge on any atom is -0.281 e. The maximum Gasteiger partial charge on any atom is 0.221 e. The molecule has 0 aliphatic heterocycles. The summed E-state index contributed by atoms with van der Waals surface area (Å²) >= 11 is 5.16. The predicted molar refractivity (Wildman–Crippen MR) is 46.5 cm³/mol. The number of halogens is 2. The molecule has 0 heterocycles. The van der Waals surface area contributed by atoms with Crippen LogP contribution >= 0.6 is 11.6 Å². The van der Waals surface area contributed by atoms with Crippen molar-refractivity contribution in [3.05, 3.63) is 24.1 Å². The van der Waals surface area contributed by atoms with Crippen molar-refractivity contribution in [1.82, 2.24) is 0 Å². The molecule has 3 heteroatoms. The Hall–Kier alpha value is -0.630. The Labute approximate surface area is 75.9 Å². The largest absolute Gasteiger partial charge is 0.281 e. The van der Waals surface area contributed by atoms with Crippen LogP contribution < -0.4 is 0 Å². The highest BCUT2D eigenvalue weighted by Gasteiger charge is 2.11. The Morgan fingerprint density at radius 2 is 2.50 bits per heavy atom. The Bertz CT molecular complexity index is 233. The number of hydrogen-bond acceptors (Lipinski definition) is 1. The van der Waals surface area contributed by atoms with E-state index in [1.54, 1.807) is 6.08 Å². The first kappa shape index (κ1) is 9.46. The number of carbonyl (C=O) groups is 1. The summed E-state index contributed by atoms with van der Waals surface area (Å²) in [6, 6.07) is 0. The maximum absolute atomic E-state index is 12.7. The summed E-state index contributed by atoms with van der Waals surface area (Å²) in [6.45, 7) is 0. The second kappa shape index (κ2) is 4.41. The summed E-state index contributed by atoms with van der Waals surface area (Å²) in [5.41, 5.74) is 0. The molecule has 1 nitrogen and oxygen atoms in total. The first-order chi connectivity index (χ1) is 5.68. The van der Waals surface area contributed by atoms with Crippen LogP contribution in [0.15, 0.2) is 24.1 Å². The fourth-order valence-corrected chi connectivity index (χ4v) is 1.31. The van der Waals surface area contributed by atoms with Gasteiger partial charge in [-0.1, -0.05) is 12.2 Å². The van der Waals surface area contributed by atoms with E-state index < -0.39 is 0 Å². The molecule has 0 amide bonds. The van der Waals surface area contributed by atoms with Gasteiger partial charge in [0, 0.05) is 12.8 Å². The monoisotopic (exact) mass is 188 g/mol. The highest BCUT2D eigenvalue weighted by atomic mass is 35.5. The average Bonchev–Trinajstić information content (AvgIpc) is 2.01. The molecular formula is C9H10ClFO. The molecule has 0 saturated carbocycles. The van der Waals surface area contributed by atoms with E-state index in [4.69, 9.17) is 11.6 Å². The van der Waals surface area contributed by atoms with E-state index in [-0.39, 0.29) is 17.0 Å². The highest BCUT2D eigenvalue weighted by Crippen LogP contribution is 2.23. The van der Waals surface area contributed by atoms with Gasteiger partial charge in [0.15, 0.2) is 0 Å². The predicted octanol–water partition coefficient (Wildman–Crippen LogP) is 2.96. The molecule has 1 aliphatic rings. The number of hydrogen-bond donors (Lipinski definition) is 0. The van der Waals surface area contributed by atoms with Gasteiger partial charge in [-0.3, -0.25) is 4.79 Å². The van der Waals surface area contributed by atoms with Crippen molar-refractivity contribution in [2.24, 2.45) is 5.92 Å². The number of rotatable bonds is 3. The molecule has 12 heavy (non-hydrogen) atoms. The Kier molecular flexibility index (Phi) is 3.48. The molecule has 0 N–H and O–H groups in total. The van der Waals surface area contributed by atoms with Crippen LogP contribution in [0.5, 0.6) is 0 Å². The first-order valence-corrected chi connectivity index (χ1v) is 4.27. The molecule has 0 fully saturated rings. The molecule has 1 unspecified atom stereocenters. The van der Waals surface area contributed by atoms with Gasteiger partial charge in [-0.15, -0.1) is 0 Å². The van der Waals surface area contributed by atoms with Crippen LogP contribution in [0.3, 0.4) is 0 Å². The Morgan fingerprint density at radius 1 is 1.75 bits per heavy atom. The lowest BCUT2D eigenvalue weighted by Crippen LogP contribution is -2.02. The molecule has 0 saturated heterocycles. The second-order valence-corrected chi connectivity index (χ2v) is 3.28. The van der Waals surface area contributed by atoms with Crippen molar-refractivity contribution in [3.8, 4) is 0 Å². The third-order valence-electron chi connectivity index (χ3n) is 1.83. The smallest absolute Gasteiger partial charge is 0.221 e. The van der Waals surface area contributed by atoms with E-state index in [2.05, 4.69) is 0 Å². The van der Waals surface area contributed by atoms with Gasteiger partial charge in [0.1, 0.15) is 5.83 Å². The molecule has 1 rings (SSSR count). The molecule has 0 radical (unpaired) electrons. The zero-order valence-electron chi connectivity index (χ0n) is 6.59. The van der Waals surface area contributed by atoms with E-state index in [9.17, 15) is 9.18 Å². The van der Waals surface area contributed by atoms with Gasteiger partial charge in [0.2, 0.25) is 5.24 Å². The van der Waals surface area contributed by atoms with E-state index in [0.29, 0.717) is 19.3 Å². The molecule has 0 aromatic rings. The van der Waals surface area contributed by atoms with Gasteiger partial charge in [-0.05, 0) is 30.0 Å². The van der Waals surface area contributed by atoms with Gasteiger partial charge in [0.25, 0.3) is 0 Å². The molecular weight excluding hydrogens is 179 g/mol. The lowest BCUT2D eigenvalue weighted by molar-refractivity contribution is -0.111. The summed E-state index contributed by atoms with van der Waals surface area (Å²) in [7, 11) is 0. The zero-order chi connectivity index (χ0) is 8.97. The van der Waals surface area contributed by atoms with Crippen LogP contribution in [-0.4, -0.2) is 5.24 Å². The van der Waals surface area contributed by atoms with Crippen LogP contribution in [0.2, 0.25) is 0 Å². The van der Waals surface area contributed by atoms with Crippen LogP contribution in [0.1, 0.15) is 19.3 Å². The molecule has 66 valence electrons.